The molecule has 2 aromatic rings. The van der Waals surface area contributed by atoms with Crippen LogP contribution in [0.3, 0.4) is 0 Å². The molecular weight excluding hydrogens is 278 g/mol. The van der Waals surface area contributed by atoms with Gasteiger partial charge in [-0.25, -0.2) is 4.79 Å². The molecule has 6 heteroatoms. The fraction of sp³-hybridized carbons (Fsp3) is 0.143. The quantitative estimate of drug-likeness (QED) is 0.791. The number of ether oxygens (including phenoxy) is 2. The Labute approximate surface area is 118 Å². The van der Waals surface area contributed by atoms with Crippen LogP contribution < -0.4 is 15.1 Å². The minimum atomic E-state index is -0.632. The molecule has 0 N–H and O–H groups in total. The zero-order valence-electron chi connectivity index (χ0n) is 10.5. The van der Waals surface area contributed by atoms with Gasteiger partial charge in [-0.15, -0.1) is 11.8 Å². The lowest BCUT2D eigenvalue weighted by Gasteiger charge is -2.05. The fourth-order valence-electron chi connectivity index (χ4n) is 1.93. The summed E-state index contributed by atoms with van der Waals surface area (Å²) in [6.07, 6.45) is 1.80. The molecule has 100 valence electrons. The van der Waals surface area contributed by atoms with E-state index in [0.29, 0.717) is 27.7 Å². The van der Waals surface area contributed by atoms with Crippen molar-refractivity contribution in [2.45, 2.75) is 4.90 Å². The Kier molecular flexibility index (Phi) is 3.12. The van der Waals surface area contributed by atoms with E-state index in [1.165, 1.54) is 11.8 Å². The van der Waals surface area contributed by atoms with E-state index in [1.54, 1.807) is 30.5 Å². The van der Waals surface area contributed by atoms with E-state index in [1.807, 2.05) is 6.07 Å². The first kappa shape index (κ1) is 12.6. The maximum Gasteiger partial charge on any atom is 0.355 e. The molecule has 0 fully saturated rings. The first-order chi connectivity index (χ1) is 9.72. The Balaban J connectivity index is 2.14. The van der Waals surface area contributed by atoms with Crippen LogP contribution in [0.2, 0.25) is 0 Å². The van der Waals surface area contributed by atoms with Gasteiger partial charge in [0.2, 0.25) is 6.79 Å². The van der Waals surface area contributed by atoms with Crippen molar-refractivity contribution in [1.29, 1.82) is 5.26 Å². The first-order valence-electron chi connectivity index (χ1n) is 5.75. The minimum Gasteiger partial charge on any atom is -0.454 e. The van der Waals surface area contributed by atoms with Gasteiger partial charge in [0, 0.05) is 10.5 Å². The van der Waals surface area contributed by atoms with Crippen molar-refractivity contribution < 1.29 is 13.9 Å². The first-order valence-corrected chi connectivity index (χ1v) is 6.97. The van der Waals surface area contributed by atoms with Crippen LogP contribution in [0.4, 0.5) is 0 Å². The average molecular weight is 287 g/mol. The molecule has 0 spiro atoms. The largest absolute Gasteiger partial charge is 0.454 e. The number of nitrogens with zero attached hydrogens (tertiary/aromatic N) is 1. The molecule has 0 saturated carbocycles. The highest BCUT2D eigenvalue weighted by Gasteiger charge is 2.17. The van der Waals surface area contributed by atoms with E-state index in [0.717, 1.165) is 0 Å². The van der Waals surface area contributed by atoms with Gasteiger partial charge in [0.05, 0.1) is 0 Å². The molecular formula is C14H9NO4S. The van der Waals surface area contributed by atoms with Gasteiger partial charge in [-0.3, -0.25) is 0 Å². The SMILES string of the molecule is CSc1cc(-c2ccc3c(c2)OCO3)oc(=O)c1C#N. The summed E-state index contributed by atoms with van der Waals surface area (Å²) in [5.74, 6) is 1.67. The van der Waals surface area contributed by atoms with Crippen molar-refractivity contribution in [2.24, 2.45) is 0 Å². The smallest absolute Gasteiger partial charge is 0.355 e. The third-order valence-electron chi connectivity index (χ3n) is 2.90. The maximum atomic E-state index is 11.8. The molecule has 1 aromatic heterocycles. The van der Waals surface area contributed by atoms with Gasteiger partial charge in [0.25, 0.3) is 0 Å². The lowest BCUT2D eigenvalue weighted by atomic mass is 10.1. The monoisotopic (exact) mass is 287 g/mol. The highest BCUT2D eigenvalue weighted by Crippen LogP contribution is 2.36. The summed E-state index contributed by atoms with van der Waals surface area (Å²) < 4.78 is 15.7. The van der Waals surface area contributed by atoms with Crippen molar-refractivity contribution >= 4 is 11.8 Å². The molecule has 0 aliphatic carbocycles. The molecule has 0 saturated heterocycles. The molecule has 0 radical (unpaired) electrons. The summed E-state index contributed by atoms with van der Waals surface area (Å²) in [6, 6.07) is 8.83. The highest BCUT2D eigenvalue weighted by molar-refractivity contribution is 7.98. The van der Waals surface area contributed by atoms with Crippen LogP contribution in [0.5, 0.6) is 11.5 Å². The van der Waals surface area contributed by atoms with Crippen LogP contribution in [0, 0.1) is 11.3 Å². The summed E-state index contributed by atoms with van der Waals surface area (Å²) >= 11 is 1.33. The van der Waals surface area contributed by atoms with Crippen molar-refractivity contribution in [3.8, 4) is 28.9 Å². The van der Waals surface area contributed by atoms with Crippen LogP contribution >= 0.6 is 11.8 Å². The number of nitriles is 1. The van der Waals surface area contributed by atoms with E-state index in [9.17, 15) is 4.79 Å². The normalized spacial score (nSPS) is 12.2. The van der Waals surface area contributed by atoms with Gasteiger partial charge in [-0.05, 0) is 30.5 Å². The van der Waals surface area contributed by atoms with Crippen LogP contribution in [-0.2, 0) is 0 Å². The third-order valence-corrected chi connectivity index (χ3v) is 3.67. The van der Waals surface area contributed by atoms with Crippen LogP contribution in [-0.4, -0.2) is 13.0 Å². The van der Waals surface area contributed by atoms with Crippen LogP contribution in [0.25, 0.3) is 11.3 Å². The maximum absolute atomic E-state index is 11.8. The molecule has 0 unspecified atom stereocenters. The predicted molar refractivity (Wildman–Crippen MR) is 73.0 cm³/mol. The Bertz CT molecular complexity index is 776. The van der Waals surface area contributed by atoms with Gasteiger partial charge < -0.3 is 13.9 Å². The van der Waals surface area contributed by atoms with Gasteiger partial charge in [-0.2, -0.15) is 5.26 Å². The lowest BCUT2D eigenvalue weighted by molar-refractivity contribution is 0.174. The predicted octanol–water partition coefficient (Wildman–Crippen LogP) is 2.63. The van der Waals surface area contributed by atoms with Gasteiger partial charge in [-0.1, -0.05) is 0 Å². The van der Waals surface area contributed by atoms with E-state index in [-0.39, 0.29) is 12.4 Å². The topological polar surface area (TPSA) is 72.5 Å². The van der Waals surface area contributed by atoms with Gasteiger partial charge >= 0.3 is 5.63 Å². The molecule has 1 aliphatic heterocycles. The molecule has 0 bridgehead atoms. The Morgan fingerprint density at radius 2 is 2.05 bits per heavy atom. The van der Waals surface area contributed by atoms with Crippen molar-refractivity contribution in [3.63, 3.8) is 0 Å². The average Bonchev–Trinajstić information content (AvgIpc) is 2.93. The zero-order valence-corrected chi connectivity index (χ0v) is 11.3. The lowest BCUT2D eigenvalue weighted by Crippen LogP contribution is -2.06. The number of fused-ring (bicyclic) bond motifs is 1. The van der Waals surface area contributed by atoms with E-state index in [2.05, 4.69) is 0 Å². The molecule has 3 rings (SSSR count). The summed E-state index contributed by atoms with van der Waals surface area (Å²) in [7, 11) is 0. The van der Waals surface area contributed by atoms with Gasteiger partial charge in [0.15, 0.2) is 17.1 Å². The molecule has 1 aromatic carbocycles. The summed E-state index contributed by atoms with van der Waals surface area (Å²) in [5.41, 5.74) is 0.0974. The van der Waals surface area contributed by atoms with Crippen LogP contribution in [0.1, 0.15) is 5.56 Å². The van der Waals surface area contributed by atoms with E-state index in [4.69, 9.17) is 19.2 Å². The Morgan fingerprint density at radius 3 is 2.80 bits per heavy atom. The minimum absolute atomic E-state index is 0.0296. The van der Waals surface area contributed by atoms with Crippen LogP contribution in [0.15, 0.2) is 38.4 Å². The van der Waals surface area contributed by atoms with Gasteiger partial charge in [0.1, 0.15) is 11.8 Å². The number of hydrogen-bond donors (Lipinski definition) is 0. The third kappa shape index (κ3) is 2.02. The fourth-order valence-corrected chi connectivity index (χ4v) is 2.48. The molecule has 20 heavy (non-hydrogen) atoms. The van der Waals surface area contributed by atoms with E-state index < -0.39 is 5.63 Å². The molecule has 1 aliphatic rings. The Hall–Kier alpha value is -2.39. The number of thioether (sulfide) groups is 1. The second-order valence-corrected chi connectivity index (χ2v) is 4.87. The van der Waals surface area contributed by atoms with Crippen molar-refractivity contribution in [1.82, 2.24) is 0 Å². The molecule has 0 amide bonds. The number of benzene rings is 1. The molecule has 2 heterocycles. The second-order valence-electron chi connectivity index (χ2n) is 4.02. The van der Waals surface area contributed by atoms with Crippen molar-refractivity contribution in [2.75, 3.05) is 13.0 Å². The summed E-state index contributed by atoms with van der Waals surface area (Å²) in [6.45, 7) is 0.187. The van der Waals surface area contributed by atoms with E-state index >= 15 is 0 Å². The Morgan fingerprint density at radius 1 is 1.25 bits per heavy atom. The molecule has 5 nitrogen and oxygen atoms in total. The number of rotatable bonds is 2. The standard InChI is InChI=1S/C14H9NO4S/c1-20-13-5-11(19-14(16)9(13)6-15)8-2-3-10-12(4-8)18-7-17-10/h2-5H,7H2,1H3. The zero-order chi connectivity index (χ0) is 14.1. The van der Waals surface area contributed by atoms with Crippen molar-refractivity contribution in [3.05, 3.63) is 40.2 Å². The number of hydrogen-bond acceptors (Lipinski definition) is 6. The highest BCUT2D eigenvalue weighted by atomic mass is 32.2. The summed E-state index contributed by atoms with van der Waals surface area (Å²) in [4.78, 5) is 12.4. The summed E-state index contributed by atoms with van der Waals surface area (Å²) in [5, 5.41) is 8.96. The molecule has 0 atom stereocenters. The second kappa shape index (κ2) is 4.94.